The number of aromatic nitrogens is 2. The molecule has 0 saturated heterocycles. The number of aromatic amines is 1. The minimum absolute atomic E-state index is 0.120. The predicted octanol–water partition coefficient (Wildman–Crippen LogP) is 3.84. The molecule has 2 N–H and O–H groups in total. The molecule has 1 aromatic carbocycles. The maximum Gasteiger partial charge on any atom is 0.274 e. The lowest BCUT2D eigenvalue weighted by atomic mass is 10.2. The van der Waals surface area contributed by atoms with Crippen LogP contribution in [0.25, 0.3) is 21.0 Å². The number of nitrogens with one attached hydrogen (secondary N) is 1. The summed E-state index contributed by atoms with van der Waals surface area (Å²) in [5, 5.41) is 13.3. The number of H-pyrrole nitrogens is 1. The molecule has 0 saturated carbocycles. The van der Waals surface area contributed by atoms with E-state index >= 15 is 0 Å². The summed E-state index contributed by atoms with van der Waals surface area (Å²) >= 11 is 1.56. The molecule has 4 rings (SSSR count). The van der Waals surface area contributed by atoms with E-state index in [0.29, 0.717) is 11.3 Å². The number of benzene rings is 1. The maximum atomic E-state index is 11.3. The van der Waals surface area contributed by atoms with Crippen molar-refractivity contribution < 1.29 is 5.11 Å². The molecule has 0 radical (unpaired) electrons. The molecule has 0 aliphatic carbocycles. The highest BCUT2D eigenvalue weighted by Crippen LogP contribution is 2.28. The second kappa shape index (κ2) is 5.99. The Morgan fingerprint density at radius 3 is 2.77 bits per heavy atom. The summed E-state index contributed by atoms with van der Waals surface area (Å²) in [4.78, 5) is 18.0. The van der Waals surface area contributed by atoms with E-state index in [2.05, 4.69) is 9.97 Å². The molecule has 5 heteroatoms. The first kappa shape index (κ1) is 14.3. The van der Waals surface area contributed by atoms with Crippen LogP contribution in [0.4, 0.5) is 0 Å². The molecule has 22 heavy (non-hydrogen) atoms. The van der Waals surface area contributed by atoms with Gasteiger partial charge in [0.05, 0.1) is 4.70 Å². The summed E-state index contributed by atoms with van der Waals surface area (Å²) in [5.41, 5.74) is 1.24. The number of nitrogens with zero attached hydrogens (tertiary/aromatic N) is 1. The number of rotatable bonds is 0. The second-order valence-electron chi connectivity index (χ2n) is 4.84. The van der Waals surface area contributed by atoms with Gasteiger partial charge in [0, 0.05) is 17.3 Å². The minimum Gasteiger partial charge on any atom is -0.506 e. The summed E-state index contributed by atoms with van der Waals surface area (Å²) < 4.78 is 0.975. The third-order valence-electron chi connectivity index (χ3n) is 3.19. The van der Waals surface area contributed by atoms with Gasteiger partial charge in [0.2, 0.25) is 0 Å². The molecule has 0 aliphatic rings. The fourth-order valence-electron chi connectivity index (χ4n) is 2.21. The maximum absolute atomic E-state index is 11.3. The molecule has 0 bridgehead atoms. The molecular weight excluding hydrogens is 296 g/mol. The average molecular weight is 310 g/mol. The van der Waals surface area contributed by atoms with Crippen LogP contribution < -0.4 is 5.56 Å². The molecule has 3 heterocycles. The molecule has 0 spiro atoms. The third-order valence-corrected chi connectivity index (χ3v) is 4.15. The quantitative estimate of drug-likeness (QED) is 0.518. The van der Waals surface area contributed by atoms with E-state index in [4.69, 9.17) is 0 Å². The molecule has 3 aromatic heterocycles. The molecule has 110 valence electrons. The van der Waals surface area contributed by atoms with E-state index in [0.717, 1.165) is 21.2 Å². The number of phenolic OH excluding ortho intramolecular Hbond substituents is 1. The van der Waals surface area contributed by atoms with Crippen LogP contribution >= 0.6 is 11.3 Å². The second-order valence-corrected chi connectivity index (χ2v) is 5.75. The molecule has 0 fully saturated rings. The van der Waals surface area contributed by atoms with Gasteiger partial charge >= 0.3 is 0 Å². The van der Waals surface area contributed by atoms with Crippen LogP contribution in [-0.2, 0) is 0 Å². The Balaban J connectivity index is 0.000000133. The Morgan fingerprint density at radius 2 is 1.95 bits per heavy atom. The number of phenols is 1. The summed E-state index contributed by atoms with van der Waals surface area (Å²) in [7, 11) is 0. The smallest absolute Gasteiger partial charge is 0.274 e. The fourth-order valence-corrected chi connectivity index (χ4v) is 3.02. The number of pyridine rings is 2. The highest BCUT2D eigenvalue weighted by atomic mass is 32.1. The van der Waals surface area contributed by atoms with Crippen molar-refractivity contribution in [3.63, 3.8) is 0 Å². The standard InChI is InChI=1S/C9H8N2O.C8H6OS/c1-6-5-7-3-2-4-10-8(7)9(12)11-6;9-7-3-1-2-6-4-5-10-8(6)7/h2-5H,1H3,(H,11,12);1-5,9H. The fraction of sp³-hybridized carbons (Fsp3) is 0.0588. The number of thiophene rings is 1. The number of fused-ring (bicyclic) bond motifs is 2. The zero-order valence-electron chi connectivity index (χ0n) is 11.9. The molecule has 0 atom stereocenters. The Bertz CT molecular complexity index is 988. The Labute approximate surface area is 130 Å². The number of hydrogen-bond donors (Lipinski definition) is 2. The first-order valence-corrected chi connectivity index (χ1v) is 7.63. The van der Waals surface area contributed by atoms with Gasteiger partial charge in [0.25, 0.3) is 5.56 Å². The van der Waals surface area contributed by atoms with Gasteiger partial charge in [0.1, 0.15) is 11.3 Å². The molecule has 0 amide bonds. The van der Waals surface area contributed by atoms with Crippen molar-refractivity contribution in [3.05, 3.63) is 70.1 Å². The monoisotopic (exact) mass is 310 g/mol. The Morgan fingerprint density at radius 1 is 1.14 bits per heavy atom. The lowest BCUT2D eigenvalue weighted by Gasteiger charge is -1.96. The molecular formula is C17H14N2O2S. The van der Waals surface area contributed by atoms with Crippen LogP contribution in [0, 0.1) is 6.92 Å². The van der Waals surface area contributed by atoms with Crippen LogP contribution in [-0.4, -0.2) is 15.1 Å². The van der Waals surface area contributed by atoms with Gasteiger partial charge in [-0.1, -0.05) is 18.2 Å². The van der Waals surface area contributed by atoms with Crippen LogP contribution in [0.15, 0.2) is 58.8 Å². The van der Waals surface area contributed by atoms with Crippen molar-refractivity contribution >= 4 is 32.3 Å². The summed E-state index contributed by atoms with van der Waals surface area (Å²) in [6.07, 6.45) is 1.62. The number of hydrogen-bond acceptors (Lipinski definition) is 4. The van der Waals surface area contributed by atoms with Gasteiger partial charge in [-0.3, -0.25) is 9.78 Å². The molecule has 0 aliphatic heterocycles. The van der Waals surface area contributed by atoms with Gasteiger partial charge < -0.3 is 10.1 Å². The van der Waals surface area contributed by atoms with Crippen molar-refractivity contribution in [1.82, 2.24) is 9.97 Å². The van der Waals surface area contributed by atoms with Crippen LogP contribution in [0.2, 0.25) is 0 Å². The van der Waals surface area contributed by atoms with E-state index in [9.17, 15) is 9.90 Å². The van der Waals surface area contributed by atoms with Crippen molar-refractivity contribution in [2.24, 2.45) is 0 Å². The summed E-state index contributed by atoms with van der Waals surface area (Å²) in [6.45, 7) is 1.86. The number of aromatic hydroxyl groups is 1. The van der Waals surface area contributed by atoms with Crippen LogP contribution in [0.3, 0.4) is 0 Å². The zero-order valence-corrected chi connectivity index (χ0v) is 12.7. The van der Waals surface area contributed by atoms with Crippen molar-refractivity contribution in [2.45, 2.75) is 6.92 Å². The predicted molar refractivity (Wildman–Crippen MR) is 90.6 cm³/mol. The molecule has 4 nitrogen and oxygen atoms in total. The minimum atomic E-state index is -0.120. The van der Waals surface area contributed by atoms with E-state index in [1.54, 1.807) is 23.6 Å². The zero-order chi connectivity index (χ0) is 15.5. The largest absolute Gasteiger partial charge is 0.506 e. The topological polar surface area (TPSA) is 66.0 Å². The van der Waals surface area contributed by atoms with Gasteiger partial charge in [-0.25, -0.2) is 0 Å². The normalized spacial score (nSPS) is 10.4. The summed E-state index contributed by atoms with van der Waals surface area (Å²) in [5.74, 6) is 0.382. The average Bonchev–Trinajstić information content (AvgIpc) is 2.98. The summed E-state index contributed by atoms with van der Waals surface area (Å²) in [6, 6.07) is 13.2. The van der Waals surface area contributed by atoms with Crippen LogP contribution in [0.1, 0.15) is 5.69 Å². The van der Waals surface area contributed by atoms with E-state index < -0.39 is 0 Å². The highest BCUT2D eigenvalue weighted by Gasteiger charge is 1.98. The van der Waals surface area contributed by atoms with E-state index in [1.165, 1.54) is 0 Å². The molecule has 4 aromatic rings. The first-order valence-electron chi connectivity index (χ1n) is 6.75. The SMILES string of the molecule is Cc1cc2cccnc2c(=O)[nH]1.Oc1cccc2ccsc12. The van der Waals surface area contributed by atoms with Gasteiger partial charge in [-0.2, -0.15) is 0 Å². The van der Waals surface area contributed by atoms with E-state index in [-0.39, 0.29) is 5.56 Å². The Kier molecular flexibility index (Phi) is 3.89. The van der Waals surface area contributed by atoms with Gasteiger partial charge in [-0.05, 0) is 42.0 Å². The van der Waals surface area contributed by atoms with Gasteiger partial charge in [0.15, 0.2) is 0 Å². The van der Waals surface area contributed by atoms with Crippen molar-refractivity contribution in [1.29, 1.82) is 0 Å². The Hall–Kier alpha value is -2.66. The number of aryl methyl sites for hydroxylation is 1. The lowest BCUT2D eigenvalue weighted by molar-refractivity contribution is 0.482. The van der Waals surface area contributed by atoms with E-state index in [1.807, 2.05) is 48.7 Å². The van der Waals surface area contributed by atoms with Gasteiger partial charge in [-0.15, -0.1) is 11.3 Å². The van der Waals surface area contributed by atoms with Crippen molar-refractivity contribution in [3.8, 4) is 5.75 Å². The highest BCUT2D eigenvalue weighted by molar-refractivity contribution is 7.17. The van der Waals surface area contributed by atoms with Crippen molar-refractivity contribution in [2.75, 3.05) is 0 Å². The third kappa shape index (κ3) is 2.84. The molecule has 0 unspecified atom stereocenters. The van der Waals surface area contributed by atoms with Crippen LogP contribution in [0.5, 0.6) is 5.75 Å². The lowest BCUT2D eigenvalue weighted by Crippen LogP contribution is -2.08. The first-order chi connectivity index (χ1) is 10.6.